The van der Waals surface area contributed by atoms with Gasteiger partial charge >= 0.3 is 0 Å². The summed E-state index contributed by atoms with van der Waals surface area (Å²) in [7, 11) is 0. The van der Waals surface area contributed by atoms with Crippen LogP contribution in [0.1, 0.15) is 50.6 Å². The smallest absolute Gasteiger partial charge is 0.139 e. The van der Waals surface area contributed by atoms with E-state index in [0.29, 0.717) is 16.4 Å². The van der Waals surface area contributed by atoms with Crippen LogP contribution in [0.15, 0.2) is 4.52 Å². The quantitative estimate of drug-likeness (QED) is 0.562. The molecule has 0 aromatic carbocycles. The fourth-order valence-electron chi connectivity index (χ4n) is 3.78. The minimum absolute atomic E-state index is 0.0291. The first-order valence-electron chi connectivity index (χ1n) is 7.66. The summed E-state index contributed by atoms with van der Waals surface area (Å²) in [5.74, 6) is 1.36. The molecule has 4 atom stereocenters. The Morgan fingerprint density at radius 1 is 1.38 bits per heavy atom. The van der Waals surface area contributed by atoms with Crippen LogP contribution in [0.4, 0.5) is 0 Å². The van der Waals surface area contributed by atoms with Gasteiger partial charge in [0, 0.05) is 15.9 Å². The first-order chi connectivity index (χ1) is 9.78. The van der Waals surface area contributed by atoms with Crippen LogP contribution in [-0.4, -0.2) is 26.4 Å². The summed E-state index contributed by atoms with van der Waals surface area (Å²) in [5, 5.41) is 3.99. The van der Waals surface area contributed by atoms with E-state index >= 15 is 0 Å². The number of alkyl halides is 1. The van der Waals surface area contributed by atoms with Crippen LogP contribution in [0.25, 0.3) is 0 Å². The van der Waals surface area contributed by atoms with Crippen molar-refractivity contribution >= 4 is 22.6 Å². The molecule has 0 N–H and O–H groups in total. The van der Waals surface area contributed by atoms with Crippen molar-refractivity contribution in [3.8, 4) is 0 Å². The van der Waals surface area contributed by atoms with Gasteiger partial charge in [-0.25, -0.2) is 0 Å². The van der Waals surface area contributed by atoms with E-state index in [9.17, 15) is 0 Å². The summed E-state index contributed by atoms with van der Waals surface area (Å²) >= 11 is 2.56. The number of halogens is 1. The maximum atomic E-state index is 6.49. The number of rotatable bonds is 4. The Morgan fingerprint density at radius 2 is 2.10 bits per heavy atom. The number of fused-ring (bicyclic) bond motifs is 2. The molecule has 2 fully saturated rings. The molecule has 3 rings (SSSR count). The Kier molecular flexibility index (Phi) is 3.90. The second-order valence-electron chi connectivity index (χ2n) is 7.00. The van der Waals surface area contributed by atoms with Crippen molar-refractivity contribution in [2.24, 2.45) is 5.92 Å². The second-order valence-corrected chi connectivity index (χ2v) is 8.51. The molecular formula is C16H24INO3. The third-order valence-electron chi connectivity index (χ3n) is 5.31. The number of aromatic nitrogens is 1. The molecule has 0 amide bonds. The van der Waals surface area contributed by atoms with Crippen molar-refractivity contribution in [1.29, 1.82) is 0 Å². The van der Waals surface area contributed by atoms with E-state index < -0.39 is 0 Å². The molecule has 118 valence electrons. The predicted molar refractivity (Wildman–Crippen MR) is 88.7 cm³/mol. The average molecular weight is 405 g/mol. The normalized spacial score (nSPS) is 38.6. The van der Waals surface area contributed by atoms with Gasteiger partial charge in [0.2, 0.25) is 0 Å². The maximum absolute atomic E-state index is 6.49. The van der Waals surface area contributed by atoms with E-state index in [-0.39, 0.29) is 17.3 Å². The molecule has 1 aromatic heterocycles. The lowest BCUT2D eigenvalue weighted by atomic mass is 9.75. The number of ether oxygens (including phenoxy) is 2. The topological polar surface area (TPSA) is 44.5 Å². The number of hydrogen-bond acceptors (Lipinski definition) is 4. The molecule has 0 radical (unpaired) electrons. The van der Waals surface area contributed by atoms with Gasteiger partial charge in [0.1, 0.15) is 5.76 Å². The highest BCUT2D eigenvalue weighted by Crippen LogP contribution is 2.57. The lowest BCUT2D eigenvalue weighted by Crippen LogP contribution is -2.44. The Balaban J connectivity index is 1.74. The maximum Gasteiger partial charge on any atom is 0.139 e. The molecule has 3 heterocycles. The van der Waals surface area contributed by atoms with Gasteiger partial charge in [-0.15, -0.1) is 0 Å². The molecule has 1 aromatic rings. The summed E-state index contributed by atoms with van der Waals surface area (Å²) in [6.45, 7) is 11.2. The van der Waals surface area contributed by atoms with Gasteiger partial charge in [-0.05, 0) is 33.1 Å². The highest BCUT2D eigenvalue weighted by molar-refractivity contribution is 14.1. The SMILES string of the molecule is Cc1noc(C)c1CO[C@@H]1C[C@]2(C(C)C)O[C@@]1(C)C[C@@H]2I. The molecule has 5 heteroatoms. The molecule has 2 aliphatic rings. The Labute approximate surface area is 140 Å². The van der Waals surface area contributed by atoms with Gasteiger partial charge in [-0.2, -0.15) is 0 Å². The van der Waals surface area contributed by atoms with Gasteiger partial charge < -0.3 is 14.0 Å². The molecule has 21 heavy (non-hydrogen) atoms. The average Bonchev–Trinajstić information content (AvgIpc) is 2.96. The fourth-order valence-corrected chi connectivity index (χ4v) is 5.76. The van der Waals surface area contributed by atoms with Crippen LogP contribution in [0.5, 0.6) is 0 Å². The van der Waals surface area contributed by atoms with Crippen LogP contribution in [0.2, 0.25) is 0 Å². The standard InChI is InChI=1S/C16H24INO3/c1-9(2)16-7-14(15(5,21-16)6-13(16)17)19-8-12-10(3)18-20-11(12)4/h9,13-14H,6-8H2,1-5H3/t13-,14+,15-,16+/m0/s1. The Bertz CT molecular complexity index is 524. The molecule has 2 bridgehead atoms. The van der Waals surface area contributed by atoms with E-state index in [1.807, 2.05) is 13.8 Å². The van der Waals surface area contributed by atoms with Crippen LogP contribution in [0.3, 0.4) is 0 Å². The van der Waals surface area contributed by atoms with Gasteiger partial charge in [0.05, 0.1) is 29.6 Å². The summed E-state index contributed by atoms with van der Waals surface area (Å²) in [5.41, 5.74) is 1.81. The molecule has 0 saturated carbocycles. The molecule has 4 nitrogen and oxygen atoms in total. The minimum Gasteiger partial charge on any atom is -0.370 e. The summed E-state index contributed by atoms with van der Waals surface area (Å²) in [4.78, 5) is 0. The van der Waals surface area contributed by atoms with E-state index in [2.05, 4.69) is 48.5 Å². The Hall–Kier alpha value is -0.140. The monoisotopic (exact) mass is 405 g/mol. The van der Waals surface area contributed by atoms with Gasteiger partial charge in [-0.1, -0.05) is 41.6 Å². The van der Waals surface area contributed by atoms with Crippen molar-refractivity contribution in [3.63, 3.8) is 0 Å². The zero-order valence-electron chi connectivity index (χ0n) is 13.4. The Morgan fingerprint density at radius 3 is 2.62 bits per heavy atom. The summed E-state index contributed by atoms with van der Waals surface area (Å²) in [6.07, 6.45) is 2.20. The highest BCUT2D eigenvalue weighted by atomic mass is 127. The molecule has 0 spiro atoms. The number of aryl methyl sites for hydroxylation is 2. The predicted octanol–water partition coefficient (Wildman–Crippen LogP) is 3.96. The molecular weight excluding hydrogens is 381 g/mol. The van der Waals surface area contributed by atoms with Crippen molar-refractivity contribution in [2.45, 2.75) is 75.3 Å². The third kappa shape index (κ3) is 2.36. The minimum atomic E-state index is -0.158. The van der Waals surface area contributed by atoms with E-state index in [0.717, 1.165) is 29.9 Å². The van der Waals surface area contributed by atoms with Crippen LogP contribution in [0, 0.1) is 19.8 Å². The van der Waals surface area contributed by atoms with Crippen LogP contribution < -0.4 is 0 Å². The van der Waals surface area contributed by atoms with E-state index in [4.69, 9.17) is 14.0 Å². The van der Waals surface area contributed by atoms with Crippen LogP contribution >= 0.6 is 22.6 Å². The zero-order chi connectivity index (χ0) is 15.4. The fraction of sp³-hybridized carbons (Fsp3) is 0.812. The second kappa shape index (κ2) is 5.20. The highest BCUT2D eigenvalue weighted by Gasteiger charge is 2.65. The van der Waals surface area contributed by atoms with Crippen molar-refractivity contribution in [2.75, 3.05) is 0 Å². The van der Waals surface area contributed by atoms with Crippen molar-refractivity contribution < 1.29 is 14.0 Å². The van der Waals surface area contributed by atoms with Crippen LogP contribution in [-0.2, 0) is 16.1 Å². The first kappa shape index (κ1) is 15.7. The molecule has 0 unspecified atom stereocenters. The largest absolute Gasteiger partial charge is 0.370 e. The number of hydrogen-bond donors (Lipinski definition) is 0. The van der Waals surface area contributed by atoms with Gasteiger partial charge in [0.25, 0.3) is 0 Å². The van der Waals surface area contributed by atoms with Crippen molar-refractivity contribution in [3.05, 3.63) is 17.0 Å². The first-order valence-corrected chi connectivity index (χ1v) is 8.90. The zero-order valence-corrected chi connectivity index (χ0v) is 15.6. The lowest BCUT2D eigenvalue weighted by Gasteiger charge is -2.35. The molecule has 2 saturated heterocycles. The molecule has 2 aliphatic heterocycles. The van der Waals surface area contributed by atoms with E-state index in [1.54, 1.807) is 0 Å². The summed E-state index contributed by atoms with van der Waals surface area (Å²) < 4.78 is 18.5. The lowest BCUT2D eigenvalue weighted by molar-refractivity contribution is -0.0955. The van der Waals surface area contributed by atoms with Crippen molar-refractivity contribution in [1.82, 2.24) is 5.16 Å². The molecule has 0 aliphatic carbocycles. The third-order valence-corrected chi connectivity index (χ3v) is 6.81. The summed E-state index contributed by atoms with van der Waals surface area (Å²) in [6, 6.07) is 0. The van der Waals surface area contributed by atoms with E-state index in [1.165, 1.54) is 0 Å². The van der Waals surface area contributed by atoms with Gasteiger partial charge in [0.15, 0.2) is 0 Å². The number of nitrogens with zero attached hydrogens (tertiary/aromatic N) is 1. The van der Waals surface area contributed by atoms with Gasteiger partial charge in [-0.3, -0.25) is 0 Å².